The third-order valence-electron chi connectivity index (χ3n) is 1.54. The van der Waals surface area contributed by atoms with Gasteiger partial charge in [-0.15, -0.1) is 0 Å². The van der Waals surface area contributed by atoms with Gasteiger partial charge in [-0.05, 0) is 18.2 Å². The van der Waals surface area contributed by atoms with E-state index < -0.39 is 10.2 Å². The van der Waals surface area contributed by atoms with Gasteiger partial charge in [0.25, 0.3) is 10.2 Å². The zero-order chi connectivity index (χ0) is 11.5. The van der Waals surface area contributed by atoms with Crippen molar-refractivity contribution in [1.82, 2.24) is 4.72 Å². The highest BCUT2D eigenvalue weighted by Crippen LogP contribution is 2.27. The van der Waals surface area contributed by atoms with Crippen LogP contribution in [-0.2, 0) is 10.2 Å². The van der Waals surface area contributed by atoms with Gasteiger partial charge in [0.2, 0.25) is 0 Å². The molecular formula is C8H11BrN2O3S. The second kappa shape index (κ2) is 4.82. The van der Waals surface area contributed by atoms with Crippen LogP contribution in [0.15, 0.2) is 22.7 Å². The third-order valence-corrected chi connectivity index (χ3v) is 3.19. The van der Waals surface area contributed by atoms with Crippen molar-refractivity contribution in [2.24, 2.45) is 0 Å². The summed E-state index contributed by atoms with van der Waals surface area (Å²) >= 11 is 3.18. The number of nitrogens with one attached hydrogen (secondary N) is 2. The maximum atomic E-state index is 11.3. The first-order valence-corrected chi connectivity index (χ1v) is 6.48. The van der Waals surface area contributed by atoms with Gasteiger partial charge < -0.3 is 5.11 Å². The van der Waals surface area contributed by atoms with Crippen LogP contribution >= 0.6 is 15.9 Å². The zero-order valence-electron chi connectivity index (χ0n) is 7.99. The quantitative estimate of drug-likeness (QED) is 0.735. The summed E-state index contributed by atoms with van der Waals surface area (Å²) in [5, 5.41) is 9.39. The van der Waals surface area contributed by atoms with Gasteiger partial charge in [-0.3, -0.25) is 4.72 Å². The molecule has 0 aliphatic heterocycles. The fourth-order valence-corrected chi connectivity index (χ4v) is 2.23. The Hall–Kier alpha value is -0.790. The van der Waals surface area contributed by atoms with Gasteiger partial charge >= 0.3 is 0 Å². The van der Waals surface area contributed by atoms with E-state index in [-0.39, 0.29) is 18.0 Å². The topological polar surface area (TPSA) is 78.4 Å². The standard InChI is InChI=1S/C8H11BrN2O3S/c1-2-10-15(13,14)11-7-5-6(9)3-4-8(7)12/h3-5,10-12H,2H2,1H3. The van der Waals surface area contributed by atoms with Gasteiger partial charge in [0, 0.05) is 11.0 Å². The summed E-state index contributed by atoms with van der Waals surface area (Å²) in [7, 11) is -3.60. The molecule has 1 aromatic rings. The van der Waals surface area contributed by atoms with Gasteiger partial charge in [0.15, 0.2) is 0 Å². The Kier molecular flexibility index (Phi) is 3.95. The summed E-state index contributed by atoms with van der Waals surface area (Å²) < 4.78 is 27.8. The van der Waals surface area contributed by atoms with Crippen molar-refractivity contribution >= 4 is 31.8 Å². The highest BCUT2D eigenvalue weighted by atomic mass is 79.9. The molecule has 0 radical (unpaired) electrons. The SMILES string of the molecule is CCNS(=O)(=O)Nc1cc(Br)ccc1O. The van der Waals surface area contributed by atoms with Crippen LogP contribution in [0, 0.1) is 0 Å². The van der Waals surface area contributed by atoms with Gasteiger partial charge in [0.1, 0.15) is 5.75 Å². The van der Waals surface area contributed by atoms with Crippen LogP contribution in [0.5, 0.6) is 5.75 Å². The molecular weight excluding hydrogens is 284 g/mol. The Morgan fingerprint density at radius 1 is 1.47 bits per heavy atom. The van der Waals surface area contributed by atoms with E-state index in [1.807, 2.05) is 0 Å². The number of phenols is 1. The summed E-state index contributed by atoms with van der Waals surface area (Å²) in [6, 6.07) is 4.48. The molecule has 0 fully saturated rings. The number of rotatable bonds is 4. The van der Waals surface area contributed by atoms with Crippen molar-refractivity contribution in [3.63, 3.8) is 0 Å². The molecule has 0 aliphatic carbocycles. The Morgan fingerprint density at radius 2 is 2.13 bits per heavy atom. The van der Waals surface area contributed by atoms with Crippen molar-refractivity contribution in [3.8, 4) is 5.75 Å². The minimum absolute atomic E-state index is 0.125. The lowest BCUT2D eigenvalue weighted by Crippen LogP contribution is -2.29. The van der Waals surface area contributed by atoms with E-state index in [4.69, 9.17) is 0 Å². The summed E-state index contributed by atoms with van der Waals surface area (Å²) in [6.45, 7) is 1.95. The van der Waals surface area contributed by atoms with Gasteiger partial charge in [-0.1, -0.05) is 22.9 Å². The smallest absolute Gasteiger partial charge is 0.299 e. The van der Waals surface area contributed by atoms with Crippen molar-refractivity contribution in [1.29, 1.82) is 0 Å². The maximum absolute atomic E-state index is 11.3. The van der Waals surface area contributed by atoms with Gasteiger partial charge in [-0.25, -0.2) is 0 Å². The highest BCUT2D eigenvalue weighted by Gasteiger charge is 2.10. The van der Waals surface area contributed by atoms with Crippen LogP contribution < -0.4 is 9.44 Å². The lowest BCUT2D eigenvalue weighted by molar-refractivity contribution is 0.477. The average molecular weight is 295 g/mol. The first-order chi connectivity index (χ1) is 6.94. The summed E-state index contributed by atoms with van der Waals surface area (Å²) in [4.78, 5) is 0. The lowest BCUT2D eigenvalue weighted by atomic mass is 10.3. The minimum atomic E-state index is -3.60. The number of hydrogen-bond donors (Lipinski definition) is 3. The molecule has 0 saturated heterocycles. The van der Waals surface area contributed by atoms with E-state index >= 15 is 0 Å². The number of phenolic OH excluding ortho intramolecular Hbond substituents is 1. The second-order valence-electron chi connectivity index (χ2n) is 2.76. The van der Waals surface area contributed by atoms with Gasteiger partial charge in [0.05, 0.1) is 5.69 Å². The Morgan fingerprint density at radius 3 is 2.73 bits per heavy atom. The number of benzene rings is 1. The van der Waals surface area contributed by atoms with Crippen molar-refractivity contribution in [2.75, 3.05) is 11.3 Å². The van der Waals surface area contributed by atoms with Crippen molar-refractivity contribution < 1.29 is 13.5 Å². The average Bonchev–Trinajstić information content (AvgIpc) is 2.10. The molecule has 0 heterocycles. The molecule has 15 heavy (non-hydrogen) atoms. The molecule has 7 heteroatoms. The number of halogens is 1. The van der Waals surface area contributed by atoms with Crippen LogP contribution in [0.25, 0.3) is 0 Å². The molecule has 0 amide bonds. The molecule has 0 aromatic heterocycles. The molecule has 0 atom stereocenters. The van der Waals surface area contributed by atoms with Gasteiger partial charge in [-0.2, -0.15) is 13.1 Å². The predicted octanol–water partition coefficient (Wildman–Crippen LogP) is 1.42. The molecule has 0 bridgehead atoms. The molecule has 0 unspecified atom stereocenters. The molecule has 1 aromatic carbocycles. The van der Waals surface area contributed by atoms with Crippen LogP contribution in [-0.4, -0.2) is 20.1 Å². The fraction of sp³-hybridized carbons (Fsp3) is 0.250. The molecule has 0 aliphatic rings. The molecule has 84 valence electrons. The van der Waals surface area contributed by atoms with E-state index in [0.29, 0.717) is 4.47 Å². The summed E-state index contributed by atoms with van der Waals surface area (Å²) in [5.41, 5.74) is 0.130. The highest BCUT2D eigenvalue weighted by molar-refractivity contribution is 9.10. The second-order valence-corrected chi connectivity index (χ2v) is 5.18. The normalized spacial score (nSPS) is 11.3. The van der Waals surface area contributed by atoms with Crippen molar-refractivity contribution in [3.05, 3.63) is 22.7 Å². The fourth-order valence-electron chi connectivity index (χ4n) is 0.961. The Labute approximate surface area is 96.8 Å². The first kappa shape index (κ1) is 12.3. The summed E-state index contributed by atoms with van der Waals surface area (Å²) in [5.74, 6) is -0.125. The molecule has 1 rings (SSSR count). The molecule has 3 N–H and O–H groups in total. The van der Waals surface area contributed by atoms with Crippen LogP contribution in [0.4, 0.5) is 5.69 Å². The monoisotopic (exact) mass is 294 g/mol. The number of hydrogen-bond acceptors (Lipinski definition) is 3. The van der Waals surface area contributed by atoms with Crippen molar-refractivity contribution in [2.45, 2.75) is 6.92 Å². The minimum Gasteiger partial charge on any atom is -0.506 e. The molecule has 0 spiro atoms. The summed E-state index contributed by atoms with van der Waals surface area (Å²) in [6.07, 6.45) is 0. The van der Waals surface area contributed by atoms with E-state index in [2.05, 4.69) is 25.4 Å². The first-order valence-electron chi connectivity index (χ1n) is 4.20. The lowest BCUT2D eigenvalue weighted by Gasteiger charge is -2.09. The van der Waals surface area contributed by atoms with E-state index in [0.717, 1.165) is 0 Å². The number of aromatic hydroxyl groups is 1. The van der Waals surface area contributed by atoms with Crippen LogP contribution in [0.1, 0.15) is 6.92 Å². The molecule has 5 nitrogen and oxygen atoms in total. The maximum Gasteiger partial charge on any atom is 0.299 e. The Balaban J connectivity index is 2.94. The van der Waals surface area contributed by atoms with E-state index in [1.165, 1.54) is 12.1 Å². The Bertz CT molecular complexity index is 447. The number of anilines is 1. The van der Waals surface area contributed by atoms with Crippen LogP contribution in [0.2, 0.25) is 0 Å². The molecule has 0 saturated carbocycles. The largest absolute Gasteiger partial charge is 0.506 e. The van der Waals surface area contributed by atoms with Crippen LogP contribution in [0.3, 0.4) is 0 Å². The van der Waals surface area contributed by atoms with E-state index in [9.17, 15) is 13.5 Å². The predicted molar refractivity (Wildman–Crippen MR) is 62.0 cm³/mol. The third kappa shape index (κ3) is 3.69. The van der Waals surface area contributed by atoms with E-state index in [1.54, 1.807) is 13.0 Å². The zero-order valence-corrected chi connectivity index (χ0v) is 10.4.